The quantitative estimate of drug-likeness (QED) is 0.792. The van der Waals surface area contributed by atoms with Crippen molar-refractivity contribution in [1.82, 2.24) is 4.57 Å². The maximum absolute atomic E-state index is 12.3. The Hall–Kier alpha value is -2.82. The summed E-state index contributed by atoms with van der Waals surface area (Å²) in [4.78, 5) is 23.0. The molecule has 0 radical (unpaired) electrons. The van der Waals surface area contributed by atoms with Crippen molar-refractivity contribution in [2.45, 2.75) is 6.54 Å². The van der Waals surface area contributed by atoms with Crippen LogP contribution in [0, 0.1) is 0 Å². The van der Waals surface area contributed by atoms with E-state index in [1.54, 1.807) is 18.3 Å². The Bertz CT molecular complexity index is 844. The van der Waals surface area contributed by atoms with Crippen molar-refractivity contribution in [1.29, 1.82) is 0 Å². The highest BCUT2D eigenvalue weighted by molar-refractivity contribution is 5.84. The zero-order valence-electron chi connectivity index (χ0n) is 10.4. The summed E-state index contributed by atoms with van der Waals surface area (Å²) in [5, 5.41) is 10.3. The molecule has 0 spiro atoms. The molecular formula is C15H11NO4. The molecule has 0 aliphatic carbocycles. The van der Waals surface area contributed by atoms with Crippen LogP contribution in [0.25, 0.3) is 10.8 Å². The number of benzene rings is 1. The minimum Gasteiger partial charge on any atom is -0.475 e. The minimum atomic E-state index is -1.12. The van der Waals surface area contributed by atoms with E-state index in [9.17, 15) is 9.59 Å². The van der Waals surface area contributed by atoms with Crippen LogP contribution in [0.3, 0.4) is 0 Å². The Balaban J connectivity index is 2.00. The first kappa shape index (κ1) is 12.2. The van der Waals surface area contributed by atoms with Crippen LogP contribution in [0.15, 0.2) is 57.9 Å². The number of pyridine rings is 1. The van der Waals surface area contributed by atoms with Crippen LogP contribution < -0.4 is 5.56 Å². The predicted octanol–water partition coefficient (Wildman–Crippen LogP) is 2.34. The van der Waals surface area contributed by atoms with E-state index in [-0.39, 0.29) is 17.9 Å². The number of nitrogens with zero attached hydrogens (tertiary/aromatic N) is 1. The van der Waals surface area contributed by atoms with Gasteiger partial charge in [0.15, 0.2) is 0 Å². The second kappa shape index (κ2) is 4.70. The van der Waals surface area contributed by atoms with Crippen molar-refractivity contribution in [3.05, 3.63) is 70.5 Å². The molecule has 0 aliphatic rings. The molecule has 2 aromatic heterocycles. The summed E-state index contributed by atoms with van der Waals surface area (Å²) in [5.74, 6) is -0.823. The van der Waals surface area contributed by atoms with Gasteiger partial charge in [0, 0.05) is 11.6 Å². The van der Waals surface area contributed by atoms with Gasteiger partial charge < -0.3 is 14.1 Å². The van der Waals surface area contributed by atoms with Crippen LogP contribution in [0.2, 0.25) is 0 Å². The minimum absolute atomic E-state index is 0.128. The van der Waals surface area contributed by atoms with Crippen LogP contribution in [-0.2, 0) is 6.54 Å². The van der Waals surface area contributed by atoms with E-state index in [0.717, 1.165) is 5.39 Å². The number of fused-ring (bicyclic) bond motifs is 1. The number of rotatable bonds is 3. The highest BCUT2D eigenvalue weighted by Gasteiger charge is 2.10. The SMILES string of the molecule is O=C(O)c1ccc(Cn2ccc3ccccc3c2=O)o1. The van der Waals surface area contributed by atoms with Gasteiger partial charge in [-0.05, 0) is 29.7 Å². The summed E-state index contributed by atoms with van der Waals surface area (Å²) in [7, 11) is 0. The lowest BCUT2D eigenvalue weighted by molar-refractivity contribution is 0.0660. The monoisotopic (exact) mass is 269 g/mol. The molecule has 1 N–H and O–H groups in total. The molecule has 0 atom stereocenters. The van der Waals surface area contributed by atoms with Crippen LogP contribution >= 0.6 is 0 Å². The van der Waals surface area contributed by atoms with Crippen molar-refractivity contribution in [2.75, 3.05) is 0 Å². The fraction of sp³-hybridized carbons (Fsp3) is 0.0667. The van der Waals surface area contributed by atoms with Gasteiger partial charge in [-0.1, -0.05) is 18.2 Å². The van der Waals surface area contributed by atoms with Gasteiger partial charge in [-0.3, -0.25) is 4.79 Å². The van der Waals surface area contributed by atoms with E-state index in [4.69, 9.17) is 9.52 Å². The molecule has 0 saturated heterocycles. The van der Waals surface area contributed by atoms with Crippen molar-refractivity contribution >= 4 is 16.7 Å². The van der Waals surface area contributed by atoms with Crippen LogP contribution in [0.1, 0.15) is 16.3 Å². The summed E-state index contributed by atoms with van der Waals surface area (Å²) < 4.78 is 6.65. The normalized spacial score (nSPS) is 10.8. The maximum Gasteiger partial charge on any atom is 0.371 e. The zero-order valence-corrected chi connectivity index (χ0v) is 10.4. The van der Waals surface area contributed by atoms with Crippen LogP contribution in [0.4, 0.5) is 0 Å². The number of aromatic nitrogens is 1. The molecule has 0 aliphatic heterocycles. The third-order valence-corrected chi connectivity index (χ3v) is 3.08. The number of carboxylic acid groups (broad SMARTS) is 1. The van der Waals surface area contributed by atoms with Gasteiger partial charge in [-0.25, -0.2) is 4.79 Å². The summed E-state index contributed by atoms with van der Waals surface area (Å²) in [6.45, 7) is 0.205. The lowest BCUT2D eigenvalue weighted by Gasteiger charge is -2.05. The van der Waals surface area contributed by atoms with Crippen molar-refractivity contribution < 1.29 is 14.3 Å². The van der Waals surface area contributed by atoms with E-state index in [2.05, 4.69) is 0 Å². The topological polar surface area (TPSA) is 72.4 Å². The van der Waals surface area contributed by atoms with E-state index < -0.39 is 5.97 Å². The number of carbonyl (C=O) groups is 1. The van der Waals surface area contributed by atoms with Gasteiger partial charge in [-0.2, -0.15) is 0 Å². The van der Waals surface area contributed by atoms with Gasteiger partial charge in [0.05, 0.1) is 6.54 Å². The first-order chi connectivity index (χ1) is 9.65. The Morgan fingerprint density at radius 2 is 1.95 bits per heavy atom. The summed E-state index contributed by atoms with van der Waals surface area (Å²) in [6.07, 6.45) is 1.67. The van der Waals surface area contributed by atoms with E-state index >= 15 is 0 Å². The second-order valence-electron chi connectivity index (χ2n) is 4.41. The fourth-order valence-corrected chi connectivity index (χ4v) is 2.10. The number of carboxylic acids is 1. The zero-order chi connectivity index (χ0) is 14.1. The molecule has 100 valence electrons. The average Bonchev–Trinajstić information content (AvgIpc) is 2.91. The molecule has 0 bridgehead atoms. The lowest BCUT2D eigenvalue weighted by atomic mass is 10.2. The summed E-state index contributed by atoms with van der Waals surface area (Å²) >= 11 is 0. The fourth-order valence-electron chi connectivity index (χ4n) is 2.10. The average molecular weight is 269 g/mol. The molecule has 5 heteroatoms. The first-order valence-corrected chi connectivity index (χ1v) is 6.05. The Morgan fingerprint density at radius 1 is 1.15 bits per heavy atom. The van der Waals surface area contributed by atoms with Gasteiger partial charge >= 0.3 is 5.97 Å². The maximum atomic E-state index is 12.3. The molecule has 20 heavy (non-hydrogen) atoms. The predicted molar refractivity (Wildman–Crippen MR) is 73.0 cm³/mol. The Morgan fingerprint density at radius 3 is 2.70 bits per heavy atom. The number of furan rings is 1. The second-order valence-corrected chi connectivity index (χ2v) is 4.41. The third kappa shape index (κ3) is 2.09. The standard InChI is InChI=1S/C15H11NO4/c17-14-12-4-2-1-3-10(12)7-8-16(14)9-11-5-6-13(20-11)15(18)19/h1-8H,9H2,(H,18,19). The molecule has 1 aromatic carbocycles. The molecule has 5 nitrogen and oxygen atoms in total. The number of hydrogen-bond acceptors (Lipinski definition) is 3. The largest absolute Gasteiger partial charge is 0.475 e. The smallest absolute Gasteiger partial charge is 0.371 e. The highest BCUT2D eigenvalue weighted by Crippen LogP contribution is 2.11. The molecule has 0 fully saturated rings. The summed E-state index contributed by atoms with van der Waals surface area (Å²) in [5.41, 5.74) is -0.128. The number of hydrogen-bond donors (Lipinski definition) is 1. The molecule has 0 saturated carbocycles. The molecule has 2 heterocycles. The Kier molecular flexibility index (Phi) is 2.87. The third-order valence-electron chi connectivity index (χ3n) is 3.08. The van der Waals surface area contributed by atoms with Crippen molar-refractivity contribution in [3.63, 3.8) is 0 Å². The van der Waals surface area contributed by atoms with E-state index in [0.29, 0.717) is 11.1 Å². The summed E-state index contributed by atoms with van der Waals surface area (Å²) in [6, 6.07) is 12.1. The highest BCUT2D eigenvalue weighted by atomic mass is 16.4. The molecule has 3 rings (SSSR count). The lowest BCUT2D eigenvalue weighted by Crippen LogP contribution is -2.19. The van der Waals surface area contributed by atoms with E-state index in [1.807, 2.05) is 24.3 Å². The van der Waals surface area contributed by atoms with E-state index in [1.165, 1.54) is 10.6 Å². The number of aromatic carboxylic acids is 1. The molecule has 0 amide bonds. The first-order valence-electron chi connectivity index (χ1n) is 6.05. The molecule has 0 unspecified atom stereocenters. The van der Waals surface area contributed by atoms with Crippen molar-refractivity contribution in [2.24, 2.45) is 0 Å². The van der Waals surface area contributed by atoms with Gasteiger partial charge in [0.1, 0.15) is 5.76 Å². The molecular weight excluding hydrogens is 258 g/mol. The van der Waals surface area contributed by atoms with Crippen LogP contribution in [0.5, 0.6) is 0 Å². The van der Waals surface area contributed by atoms with Gasteiger partial charge in [-0.15, -0.1) is 0 Å². The van der Waals surface area contributed by atoms with Crippen LogP contribution in [-0.4, -0.2) is 15.6 Å². The van der Waals surface area contributed by atoms with Gasteiger partial charge in [0.25, 0.3) is 5.56 Å². The Labute approximate surface area is 113 Å². The molecule has 3 aromatic rings. The van der Waals surface area contributed by atoms with Gasteiger partial charge in [0.2, 0.25) is 5.76 Å². The van der Waals surface area contributed by atoms with Crippen molar-refractivity contribution in [3.8, 4) is 0 Å².